The Labute approximate surface area is 158 Å². The van der Waals surface area contributed by atoms with Gasteiger partial charge in [0, 0.05) is 40.3 Å². The molecule has 1 fully saturated rings. The van der Waals surface area contributed by atoms with E-state index >= 15 is 0 Å². The monoisotopic (exact) mass is 402 g/mol. The van der Waals surface area contributed by atoms with Crippen molar-refractivity contribution < 1.29 is 18.0 Å². The highest BCUT2D eigenvalue weighted by Crippen LogP contribution is 2.22. The molecule has 0 atom stereocenters. The lowest BCUT2D eigenvalue weighted by Crippen LogP contribution is -2.48. The lowest BCUT2D eigenvalue weighted by Gasteiger charge is -2.26. The van der Waals surface area contributed by atoms with Crippen LogP contribution in [0.3, 0.4) is 0 Å². The lowest BCUT2D eigenvalue weighted by atomic mass is 10.2. The topological polar surface area (TPSA) is 98.8 Å². The molecule has 0 aliphatic carbocycles. The van der Waals surface area contributed by atoms with Gasteiger partial charge in [0.2, 0.25) is 15.9 Å². The van der Waals surface area contributed by atoms with Gasteiger partial charge in [-0.05, 0) is 24.6 Å². The number of hydrogen-bond donors (Lipinski definition) is 2. The Hall–Kier alpha value is -1.68. The first-order valence-electron chi connectivity index (χ1n) is 8.21. The Morgan fingerprint density at radius 3 is 2.77 bits per heavy atom. The number of hydrogen-bond acceptors (Lipinski definition) is 5. The van der Waals surface area contributed by atoms with Gasteiger partial charge in [0.25, 0.3) is 5.91 Å². The third kappa shape index (κ3) is 5.16. The molecule has 144 valence electrons. The molecule has 0 bridgehead atoms. The van der Waals surface area contributed by atoms with Crippen molar-refractivity contribution in [2.45, 2.75) is 11.3 Å². The molecule has 10 heteroatoms. The molecule has 1 aromatic rings. The average molecular weight is 403 g/mol. The second-order valence-electron chi connectivity index (χ2n) is 6.16. The van der Waals surface area contributed by atoms with Crippen molar-refractivity contribution >= 4 is 33.4 Å². The van der Waals surface area contributed by atoms with Crippen molar-refractivity contribution in [3.63, 3.8) is 0 Å². The van der Waals surface area contributed by atoms with Crippen LogP contribution in [0.25, 0.3) is 0 Å². The summed E-state index contributed by atoms with van der Waals surface area (Å²) in [6.07, 6.45) is 0.673. The maximum atomic E-state index is 12.3. The van der Waals surface area contributed by atoms with Gasteiger partial charge in [-0.1, -0.05) is 11.6 Å². The number of nitrogens with zero attached hydrogens (tertiary/aromatic N) is 2. The van der Waals surface area contributed by atoms with E-state index in [0.717, 1.165) is 10.8 Å². The molecule has 1 saturated heterocycles. The fourth-order valence-corrected chi connectivity index (χ4v) is 3.66. The van der Waals surface area contributed by atoms with E-state index < -0.39 is 15.9 Å². The highest BCUT2D eigenvalue weighted by molar-refractivity contribution is 7.89. The highest BCUT2D eigenvalue weighted by atomic mass is 35.5. The van der Waals surface area contributed by atoms with E-state index in [4.69, 9.17) is 11.6 Å². The molecular weight excluding hydrogens is 380 g/mol. The number of piperazine rings is 1. The van der Waals surface area contributed by atoms with Crippen molar-refractivity contribution in [3.05, 3.63) is 28.8 Å². The summed E-state index contributed by atoms with van der Waals surface area (Å²) in [5.41, 5.74) is 0.118. The number of benzene rings is 1. The highest BCUT2D eigenvalue weighted by Gasteiger charge is 2.21. The number of sulfonamides is 1. The summed E-state index contributed by atoms with van der Waals surface area (Å²) in [7, 11) is -0.802. The summed E-state index contributed by atoms with van der Waals surface area (Å²) in [5, 5.41) is 5.68. The van der Waals surface area contributed by atoms with Crippen LogP contribution in [0.15, 0.2) is 23.1 Å². The predicted molar refractivity (Wildman–Crippen MR) is 98.7 cm³/mol. The fraction of sp³-hybridized carbons (Fsp3) is 0.500. The smallest absolute Gasteiger partial charge is 0.252 e. The first-order chi connectivity index (χ1) is 12.2. The minimum Gasteiger partial charge on any atom is -0.354 e. The van der Waals surface area contributed by atoms with Crippen LogP contribution in [0, 0.1) is 0 Å². The first kappa shape index (κ1) is 20.6. The van der Waals surface area contributed by atoms with E-state index in [1.807, 2.05) is 4.90 Å². The summed E-state index contributed by atoms with van der Waals surface area (Å²) in [6.45, 7) is 2.88. The van der Waals surface area contributed by atoms with Gasteiger partial charge >= 0.3 is 0 Å². The molecule has 1 aliphatic heterocycles. The molecule has 0 spiro atoms. The minimum atomic E-state index is -3.64. The van der Waals surface area contributed by atoms with Crippen LogP contribution in [0.1, 0.15) is 16.8 Å². The van der Waals surface area contributed by atoms with Gasteiger partial charge in [-0.15, -0.1) is 0 Å². The molecule has 0 unspecified atom stereocenters. The molecule has 0 radical (unpaired) electrons. The van der Waals surface area contributed by atoms with Crippen molar-refractivity contribution in [1.29, 1.82) is 0 Å². The molecule has 1 aromatic carbocycles. The Kier molecular flexibility index (Phi) is 6.99. The van der Waals surface area contributed by atoms with Crippen LogP contribution >= 0.6 is 11.6 Å². The first-order valence-corrected chi connectivity index (χ1v) is 10.0. The molecule has 8 nitrogen and oxygen atoms in total. The normalized spacial score (nSPS) is 15.8. The summed E-state index contributed by atoms with van der Waals surface area (Å²) < 4.78 is 25.5. The summed E-state index contributed by atoms with van der Waals surface area (Å²) >= 11 is 6.05. The molecule has 2 rings (SSSR count). The van der Waals surface area contributed by atoms with Crippen molar-refractivity contribution in [3.8, 4) is 0 Å². The zero-order valence-corrected chi connectivity index (χ0v) is 16.4. The van der Waals surface area contributed by atoms with E-state index in [-0.39, 0.29) is 21.4 Å². The summed E-state index contributed by atoms with van der Waals surface area (Å²) in [5.74, 6) is -0.423. The molecule has 26 heavy (non-hydrogen) atoms. The van der Waals surface area contributed by atoms with Crippen LogP contribution in [0.4, 0.5) is 0 Å². The van der Waals surface area contributed by atoms with Gasteiger partial charge < -0.3 is 10.6 Å². The van der Waals surface area contributed by atoms with Gasteiger partial charge in [0.05, 0.1) is 22.0 Å². The second kappa shape index (κ2) is 8.81. The quantitative estimate of drug-likeness (QED) is 0.632. The van der Waals surface area contributed by atoms with Crippen LogP contribution < -0.4 is 10.6 Å². The van der Waals surface area contributed by atoms with Crippen molar-refractivity contribution in [2.75, 3.05) is 46.8 Å². The van der Waals surface area contributed by atoms with Crippen LogP contribution in [-0.2, 0) is 14.8 Å². The third-order valence-corrected chi connectivity index (χ3v) is 6.16. The molecular formula is C16H23ClN4O4S. The van der Waals surface area contributed by atoms with E-state index in [9.17, 15) is 18.0 Å². The van der Waals surface area contributed by atoms with E-state index in [1.165, 1.54) is 32.3 Å². The predicted octanol–water partition coefficient (Wildman–Crippen LogP) is 0.142. The van der Waals surface area contributed by atoms with Crippen LogP contribution in [0.5, 0.6) is 0 Å². The van der Waals surface area contributed by atoms with E-state index in [2.05, 4.69) is 10.6 Å². The zero-order chi connectivity index (χ0) is 19.3. The number of carbonyl (C=O) groups excluding carboxylic acids is 2. The number of halogens is 1. The molecule has 2 N–H and O–H groups in total. The molecule has 0 saturated carbocycles. The van der Waals surface area contributed by atoms with Crippen LogP contribution in [-0.4, -0.2) is 76.3 Å². The largest absolute Gasteiger partial charge is 0.354 e. The zero-order valence-electron chi connectivity index (χ0n) is 14.8. The van der Waals surface area contributed by atoms with Crippen molar-refractivity contribution in [2.24, 2.45) is 0 Å². The Bertz CT molecular complexity index is 782. The number of carbonyl (C=O) groups is 2. The van der Waals surface area contributed by atoms with Crippen molar-refractivity contribution in [1.82, 2.24) is 19.8 Å². The lowest BCUT2D eigenvalue weighted by molar-refractivity contribution is -0.124. The van der Waals surface area contributed by atoms with Gasteiger partial charge in [0.1, 0.15) is 0 Å². The Balaban J connectivity index is 1.93. The van der Waals surface area contributed by atoms with Gasteiger partial charge in [0.15, 0.2) is 0 Å². The van der Waals surface area contributed by atoms with Gasteiger partial charge in [-0.3, -0.25) is 14.5 Å². The number of amides is 2. The van der Waals surface area contributed by atoms with Gasteiger partial charge in [-0.2, -0.15) is 0 Å². The number of nitrogens with one attached hydrogen (secondary N) is 2. The fourth-order valence-electron chi connectivity index (χ4n) is 2.53. The minimum absolute atomic E-state index is 0.00554. The molecule has 2 amide bonds. The van der Waals surface area contributed by atoms with E-state index in [0.29, 0.717) is 32.6 Å². The SMILES string of the molecule is CN(C)S(=O)(=O)c1ccc(Cl)c(C(=O)NCCCN2CCNC(=O)C2)c1. The Morgan fingerprint density at radius 1 is 1.38 bits per heavy atom. The maximum absolute atomic E-state index is 12.3. The average Bonchev–Trinajstić information content (AvgIpc) is 2.58. The number of rotatable bonds is 7. The van der Waals surface area contributed by atoms with Gasteiger partial charge in [-0.25, -0.2) is 12.7 Å². The standard InChI is InChI=1S/C16H23ClN4O4S/c1-20(2)26(24,25)12-4-5-14(17)13(10-12)16(23)19-6-3-8-21-9-7-18-15(22)11-21/h4-5,10H,3,6-9,11H2,1-2H3,(H,18,22)(H,19,23). The second-order valence-corrected chi connectivity index (χ2v) is 8.72. The third-order valence-electron chi connectivity index (χ3n) is 4.02. The Morgan fingerprint density at radius 2 is 2.12 bits per heavy atom. The molecule has 1 aliphatic rings. The summed E-state index contributed by atoms with van der Waals surface area (Å²) in [4.78, 5) is 25.7. The molecule has 0 aromatic heterocycles. The molecule has 1 heterocycles. The summed E-state index contributed by atoms with van der Waals surface area (Å²) in [6, 6.07) is 4.05. The van der Waals surface area contributed by atoms with E-state index in [1.54, 1.807) is 0 Å². The maximum Gasteiger partial charge on any atom is 0.252 e. The van der Waals surface area contributed by atoms with Crippen LogP contribution in [0.2, 0.25) is 5.02 Å².